The molecular weight excluding hydrogens is 230 g/mol. The fourth-order valence-electron chi connectivity index (χ4n) is 2.14. The number of ether oxygens (including phenoxy) is 1. The van der Waals surface area contributed by atoms with Gasteiger partial charge in [-0.2, -0.15) is 15.0 Å². The van der Waals surface area contributed by atoms with Crippen molar-refractivity contribution >= 4 is 11.9 Å². The molecule has 0 amide bonds. The summed E-state index contributed by atoms with van der Waals surface area (Å²) in [5.74, 6) is 2.02. The first-order valence-corrected chi connectivity index (χ1v) is 6.58. The molecule has 0 bridgehead atoms. The predicted octanol–water partition coefficient (Wildman–Crippen LogP) is 1.55. The molecule has 1 atom stereocenters. The smallest absolute Gasteiger partial charge is 0.323 e. The van der Waals surface area contributed by atoms with Gasteiger partial charge in [0.25, 0.3) is 0 Å². The van der Waals surface area contributed by atoms with Gasteiger partial charge in [-0.1, -0.05) is 13.3 Å². The summed E-state index contributed by atoms with van der Waals surface area (Å²) in [7, 11) is 1.80. The van der Waals surface area contributed by atoms with E-state index >= 15 is 0 Å². The first-order valence-electron chi connectivity index (χ1n) is 6.58. The largest absolute Gasteiger partial charge is 0.464 e. The molecule has 100 valence electrons. The van der Waals surface area contributed by atoms with E-state index in [1.54, 1.807) is 7.05 Å². The van der Waals surface area contributed by atoms with E-state index < -0.39 is 0 Å². The van der Waals surface area contributed by atoms with Crippen molar-refractivity contribution in [2.45, 2.75) is 26.7 Å². The van der Waals surface area contributed by atoms with E-state index in [4.69, 9.17) is 4.74 Å². The zero-order chi connectivity index (χ0) is 13.0. The zero-order valence-corrected chi connectivity index (χ0v) is 11.3. The minimum Gasteiger partial charge on any atom is -0.464 e. The molecule has 6 heteroatoms. The Bertz CT molecular complexity index is 398. The lowest BCUT2D eigenvalue weighted by molar-refractivity contribution is 0.312. The average Bonchev–Trinajstić information content (AvgIpc) is 2.87. The number of anilines is 2. The van der Waals surface area contributed by atoms with E-state index in [1.165, 1.54) is 12.8 Å². The predicted molar refractivity (Wildman–Crippen MR) is 71.2 cm³/mol. The van der Waals surface area contributed by atoms with Crippen LogP contribution in [0.2, 0.25) is 0 Å². The number of hydrogen-bond donors (Lipinski definition) is 1. The summed E-state index contributed by atoms with van der Waals surface area (Å²) < 4.78 is 5.37. The number of rotatable bonds is 5. The Hall–Kier alpha value is -1.59. The zero-order valence-electron chi connectivity index (χ0n) is 11.3. The highest BCUT2D eigenvalue weighted by Gasteiger charge is 2.24. The Morgan fingerprint density at radius 3 is 2.78 bits per heavy atom. The lowest BCUT2D eigenvalue weighted by Crippen LogP contribution is -2.23. The van der Waals surface area contributed by atoms with E-state index in [1.807, 2.05) is 6.92 Å². The normalized spacial score (nSPS) is 19.1. The second-order valence-electron chi connectivity index (χ2n) is 4.43. The van der Waals surface area contributed by atoms with Gasteiger partial charge in [-0.3, -0.25) is 0 Å². The maximum absolute atomic E-state index is 5.37. The van der Waals surface area contributed by atoms with E-state index in [2.05, 4.69) is 32.1 Å². The molecule has 2 rings (SSSR count). The van der Waals surface area contributed by atoms with Crippen LogP contribution in [0.1, 0.15) is 26.7 Å². The molecule has 2 heterocycles. The summed E-state index contributed by atoms with van der Waals surface area (Å²) in [4.78, 5) is 15.1. The third-order valence-electron chi connectivity index (χ3n) is 3.25. The van der Waals surface area contributed by atoms with E-state index in [0.29, 0.717) is 24.5 Å². The summed E-state index contributed by atoms with van der Waals surface area (Å²) >= 11 is 0. The van der Waals surface area contributed by atoms with Crippen molar-refractivity contribution in [1.82, 2.24) is 15.0 Å². The van der Waals surface area contributed by atoms with E-state index in [0.717, 1.165) is 19.0 Å². The molecule has 1 N–H and O–H groups in total. The monoisotopic (exact) mass is 251 g/mol. The van der Waals surface area contributed by atoms with E-state index in [-0.39, 0.29) is 0 Å². The summed E-state index contributed by atoms with van der Waals surface area (Å²) in [5.41, 5.74) is 0. The van der Waals surface area contributed by atoms with Crippen LogP contribution in [0.3, 0.4) is 0 Å². The molecule has 6 nitrogen and oxygen atoms in total. The molecular formula is C12H21N5O. The summed E-state index contributed by atoms with van der Waals surface area (Å²) in [6.07, 6.45) is 2.42. The van der Waals surface area contributed by atoms with Crippen molar-refractivity contribution in [3.8, 4) is 6.01 Å². The van der Waals surface area contributed by atoms with Crippen molar-refractivity contribution in [1.29, 1.82) is 0 Å². The SMILES string of the molecule is CCOc1nc(NC)nc(N2CCC(CC)C2)n1. The van der Waals surface area contributed by atoms with Gasteiger partial charge in [0.15, 0.2) is 0 Å². The number of aromatic nitrogens is 3. The molecule has 0 radical (unpaired) electrons. The number of nitrogens with zero attached hydrogens (tertiary/aromatic N) is 4. The molecule has 1 aromatic rings. The Balaban J connectivity index is 2.18. The molecule has 0 aliphatic carbocycles. The van der Waals surface area contributed by atoms with Crippen molar-refractivity contribution in [3.05, 3.63) is 0 Å². The molecule has 0 spiro atoms. The maximum Gasteiger partial charge on any atom is 0.323 e. The Morgan fingerprint density at radius 2 is 2.17 bits per heavy atom. The van der Waals surface area contributed by atoms with Crippen molar-refractivity contribution in [2.75, 3.05) is 37.0 Å². The molecule has 1 unspecified atom stereocenters. The van der Waals surface area contributed by atoms with Crippen LogP contribution in [-0.4, -0.2) is 41.7 Å². The molecule has 1 aromatic heterocycles. The highest BCUT2D eigenvalue weighted by Crippen LogP contribution is 2.24. The van der Waals surface area contributed by atoms with Crippen LogP contribution < -0.4 is 15.0 Å². The maximum atomic E-state index is 5.37. The Labute approximate surface area is 108 Å². The second kappa shape index (κ2) is 5.84. The van der Waals surface area contributed by atoms with Gasteiger partial charge >= 0.3 is 6.01 Å². The van der Waals surface area contributed by atoms with Crippen molar-refractivity contribution in [3.63, 3.8) is 0 Å². The van der Waals surface area contributed by atoms with Crippen LogP contribution in [0.4, 0.5) is 11.9 Å². The van der Waals surface area contributed by atoms with Crippen LogP contribution in [0.5, 0.6) is 6.01 Å². The minimum absolute atomic E-state index is 0.395. The number of nitrogens with one attached hydrogen (secondary N) is 1. The minimum atomic E-state index is 0.395. The molecule has 0 aromatic carbocycles. The highest BCUT2D eigenvalue weighted by atomic mass is 16.5. The van der Waals surface area contributed by atoms with Gasteiger partial charge in [0, 0.05) is 20.1 Å². The lowest BCUT2D eigenvalue weighted by atomic mass is 10.1. The molecule has 1 aliphatic heterocycles. The second-order valence-corrected chi connectivity index (χ2v) is 4.43. The van der Waals surface area contributed by atoms with Gasteiger partial charge in [0.1, 0.15) is 0 Å². The third-order valence-corrected chi connectivity index (χ3v) is 3.25. The van der Waals surface area contributed by atoms with Crippen LogP contribution in [-0.2, 0) is 0 Å². The Morgan fingerprint density at radius 1 is 1.33 bits per heavy atom. The molecule has 1 saturated heterocycles. The van der Waals surface area contributed by atoms with Gasteiger partial charge in [-0.25, -0.2) is 0 Å². The number of hydrogen-bond acceptors (Lipinski definition) is 6. The van der Waals surface area contributed by atoms with Crippen molar-refractivity contribution in [2.24, 2.45) is 5.92 Å². The highest BCUT2D eigenvalue weighted by molar-refractivity contribution is 5.39. The fraction of sp³-hybridized carbons (Fsp3) is 0.750. The topological polar surface area (TPSA) is 63.2 Å². The molecule has 1 aliphatic rings. The van der Waals surface area contributed by atoms with Crippen LogP contribution >= 0.6 is 0 Å². The molecule has 18 heavy (non-hydrogen) atoms. The van der Waals surface area contributed by atoms with Crippen LogP contribution in [0.25, 0.3) is 0 Å². The van der Waals surface area contributed by atoms with Gasteiger partial charge < -0.3 is 15.0 Å². The first kappa shape index (κ1) is 12.9. The van der Waals surface area contributed by atoms with Gasteiger partial charge in [-0.05, 0) is 19.3 Å². The van der Waals surface area contributed by atoms with Crippen LogP contribution in [0, 0.1) is 5.92 Å². The standard InChI is InChI=1S/C12H21N5O/c1-4-9-6-7-17(8-9)11-14-10(13-3)15-12(16-11)18-5-2/h9H,4-8H2,1-3H3,(H,13,14,15,16). The lowest BCUT2D eigenvalue weighted by Gasteiger charge is -2.17. The molecule has 1 fully saturated rings. The van der Waals surface area contributed by atoms with Gasteiger partial charge in [0.2, 0.25) is 11.9 Å². The van der Waals surface area contributed by atoms with Gasteiger partial charge in [-0.15, -0.1) is 0 Å². The third kappa shape index (κ3) is 2.80. The average molecular weight is 251 g/mol. The molecule has 0 saturated carbocycles. The summed E-state index contributed by atoms with van der Waals surface area (Å²) in [5, 5.41) is 2.95. The first-order chi connectivity index (χ1) is 8.76. The van der Waals surface area contributed by atoms with E-state index in [9.17, 15) is 0 Å². The summed E-state index contributed by atoms with van der Waals surface area (Å²) in [6, 6.07) is 0.395. The van der Waals surface area contributed by atoms with Crippen molar-refractivity contribution < 1.29 is 4.74 Å². The summed E-state index contributed by atoms with van der Waals surface area (Å²) in [6.45, 7) is 6.74. The quantitative estimate of drug-likeness (QED) is 0.856. The van der Waals surface area contributed by atoms with Gasteiger partial charge in [0.05, 0.1) is 6.61 Å². The Kier molecular flexibility index (Phi) is 4.17. The van der Waals surface area contributed by atoms with Crippen LogP contribution in [0.15, 0.2) is 0 Å². The fourth-order valence-corrected chi connectivity index (χ4v) is 2.14.